The molecule has 0 saturated carbocycles. The Balaban J connectivity index is 1.92. The van der Waals surface area contributed by atoms with Crippen LogP contribution in [0.3, 0.4) is 0 Å². The molecular formula is C14H8ClNOS3. The normalized spacial score (nSPS) is 16.8. The molecule has 1 aromatic heterocycles. The van der Waals surface area contributed by atoms with E-state index in [1.54, 1.807) is 11.3 Å². The van der Waals surface area contributed by atoms with Crippen LogP contribution in [-0.2, 0) is 4.79 Å². The Morgan fingerprint density at radius 1 is 1.30 bits per heavy atom. The summed E-state index contributed by atoms with van der Waals surface area (Å²) < 4.78 is 0.504. The number of thiophene rings is 1. The molecule has 1 saturated heterocycles. The van der Waals surface area contributed by atoms with Crippen LogP contribution in [0.5, 0.6) is 0 Å². The third-order valence-corrected chi connectivity index (χ3v) is 5.09. The van der Waals surface area contributed by atoms with Gasteiger partial charge in [0.15, 0.2) is 0 Å². The molecule has 1 N–H and O–H groups in total. The van der Waals surface area contributed by atoms with Crippen molar-refractivity contribution in [3.8, 4) is 11.1 Å². The van der Waals surface area contributed by atoms with Crippen molar-refractivity contribution < 1.29 is 4.79 Å². The number of carbonyl (C=O) groups is 1. The number of carbonyl (C=O) groups excluding carboxylic acids is 1. The maximum absolute atomic E-state index is 11.6. The van der Waals surface area contributed by atoms with Crippen molar-refractivity contribution in [1.82, 2.24) is 5.32 Å². The second-order valence-electron chi connectivity index (χ2n) is 4.07. The van der Waals surface area contributed by atoms with Gasteiger partial charge in [0, 0.05) is 15.5 Å². The fraction of sp³-hybridized carbons (Fsp3) is 0. The van der Waals surface area contributed by atoms with Gasteiger partial charge >= 0.3 is 0 Å². The summed E-state index contributed by atoms with van der Waals surface area (Å²) in [6, 6.07) is 9.73. The predicted molar refractivity (Wildman–Crippen MR) is 91.1 cm³/mol. The highest BCUT2D eigenvalue weighted by atomic mass is 35.5. The van der Waals surface area contributed by atoms with E-state index in [2.05, 4.69) is 5.32 Å². The maximum Gasteiger partial charge on any atom is 0.263 e. The van der Waals surface area contributed by atoms with Crippen molar-refractivity contribution in [2.45, 2.75) is 0 Å². The Morgan fingerprint density at radius 2 is 2.10 bits per heavy atom. The first-order chi connectivity index (χ1) is 9.63. The summed E-state index contributed by atoms with van der Waals surface area (Å²) in [7, 11) is 0. The maximum atomic E-state index is 11.6. The zero-order valence-corrected chi connectivity index (χ0v) is 13.3. The minimum atomic E-state index is -0.132. The van der Waals surface area contributed by atoms with Crippen molar-refractivity contribution >= 4 is 63.2 Å². The summed E-state index contributed by atoms with van der Waals surface area (Å²) in [4.78, 5) is 13.2. The average molecular weight is 338 g/mol. The highest BCUT2D eigenvalue weighted by molar-refractivity contribution is 8.26. The Bertz CT molecular complexity index is 736. The molecule has 1 fully saturated rings. The lowest BCUT2D eigenvalue weighted by Gasteiger charge is -1.99. The SMILES string of the molecule is O=C1NC(=S)S/C1=C\c1cc(-c2ccccc2Cl)cs1. The van der Waals surface area contributed by atoms with Crippen molar-refractivity contribution in [2.75, 3.05) is 0 Å². The number of halogens is 1. The first-order valence-electron chi connectivity index (χ1n) is 5.72. The number of rotatable bonds is 2. The molecule has 0 spiro atoms. The van der Waals surface area contributed by atoms with Crippen LogP contribution in [0.1, 0.15) is 4.88 Å². The highest BCUT2D eigenvalue weighted by Crippen LogP contribution is 2.33. The van der Waals surface area contributed by atoms with Crippen LogP contribution in [0, 0.1) is 0 Å². The molecule has 2 aromatic rings. The lowest BCUT2D eigenvalue weighted by molar-refractivity contribution is -0.115. The van der Waals surface area contributed by atoms with Gasteiger partial charge in [0.1, 0.15) is 4.32 Å². The van der Waals surface area contributed by atoms with Crippen LogP contribution in [0.4, 0.5) is 0 Å². The molecule has 3 rings (SSSR count). The van der Waals surface area contributed by atoms with E-state index in [9.17, 15) is 4.79 Å². The fourth-order valence-electron chi connectivity index (χ4n) is 1.82. The summed E-state index contributed by atoms with van der Waals surface area (Å²) in [6.45, 7) is 0. The summed E-state index contributed by atoms with van der Waals surface area (Å²) in [6.07, 6.45) is 1.85. The minimum Gasteiger partial charge on any atom is -0.307 e. The van der Waals surface area contributed by atoms with Crippen LogP contribution in [-0.4, -0.2) is 10.2 Å². The van der Waals surface area contributed by atoms with E-state index in [0.29, 0.717) is 9.23 Å². The van der Waals surface area contributed by atoms with E-state index in [1.165, 1.54) is 11.8 Å². The Morgan fingerprint density at radius 3 is 2.80 bits per heavy atom. The molecule has 0 aliphatic carbocycles. The zero-order chi connectivity index (χ0) is 14.1. The molecule has 2 heterocycles. The second-order valence-corrected chi connectivity index (χ2v) is 7.14. The summed E-state index contributed by atoms with van der Waals surface area (Å²) in [5, 5.41) is 5.36. The predicted octanol–water partition coefficient (Wildman–Crippen LogP) is 4.56. The second kappa shape index (κ2) is 5.69. The lowest BCUT2D eigenvalue weighted by atomic mass is 10.1. The van der Waals surface area contributed by atoms with Crippen LogP contribution in [0.2, 0.25) is 5.02 Å². The van der Waals surface area contributed by atoms with Gasteiger partial charge in [-0.15, -0.1) is 11.3 Å². The van der Waals surface area contributed by atoms with Gasteiger partial charge in [-0.1, -0.05) is 53.8 Å². The first kappa shape index (κ1) is 13.8. The van der Waals surface area contributed by atoms with E-state index in [1.807, 2.05) is 41.8 Å². The van der Waals surface area contributed by atoms with Gasteiger partial charge < -0.3 is 5.32 Å². The molecule has 20 heavy (non-hydrogen) atoms. The number of thiocarbonyl (C=S) groups is 1. The fourth-order valence-corrected chi connectivity index (χ4v) is 4.01. The summed E-state index contributed by atoms with van der Waals surface area (Å²) in [5.41, 5.74) is 2.05. The average Bonchev–Trinajstić information content (AvgIpc) is 2.98. The number of nitrogens with one attached hydrogen (secondary N) is 1. The summed E-state index contributed by atoms with van der Waals surface area (Å²) >= 11 is 14.0. The summed E-state index contributed by atoms with van der Waals surface area (Å²) in [5.74, 6) is -0.132. The monoisotopic (exact) mass is 337 g/mol. The molecule has 0 bridgehead atoms. The van der Waals surface area contributed by atoms with E-state index in [-0.39, 0.29) is 5.91 Å². The molecular weight excluding hydrogens is 330 g/mol. The Hall–Kier alpha value is -1.14. The van der Waals surface area contributed by atoms with Gasteiger partial charge in [-0.25, -0.2) is 0 Å². The van der Waals surface area contributed by atoms with Crippen molar-refractivity contribution in [1.29, 1.82) is 0 Å². The molecule has 0 radical (unpaired) electrons. The molecule has 1 aliphatic rings. The number of hydrogen-bond acceptors (Lipinski definition) is 4. The quantitative estimate of drug-likeness (QED) is 0.643. The van der Waals surface area contributed by atoms with Gasteiger partial charge in [0.25, 0.3) is 5.91 Å². The van der Waals surface area contributed by atoms with Gasteiger partial charge in [0.2, 0.25) is 0 Å². The van der Waals surface area contributed by atoms with Gasteiger partial charge in [0.05, 0.1) is 4.91 Å². The van der Waals surface area contributed by atoms with Crippen LogP contribution in [0.25, 0.3) is 17.2 Å². The highest BCUT2D eigenvalue weighted by Gasteiger charge is 2.22. The van der Waals surface area contributed by atoms with E-state index in [4.69, 9.17) is 23.8 Å². The molecule has 0 atom stereocenters. The first-order valence-corrected chi connectivity index (χ1v) is 8.20. The number of amides is 1. The Labute approximate surface area is 134 Å². The molecule has 2 nitrogen and oxygen atoms in total. The van der Waals surface area contributed by atoms with Gasteiger partial charge in [-0.3, -0.25) is 4.79 Å². The van der Waals surface area contributed by atoms with Gasteiger partial charge in [-0.2, -0.15) is 0 Å². The van der Waals surface area contributed by atoms with Crippen molar-refractivity contribution in [2.24, 2.45) is 0 Å². The molecule has 1 amide bonds. The third-order valence-electron chi connectivity index (χ3n) is 2.72. The van der Waals surface area contributed by atoms with Gasteiger partial charge in [-0.05, 0) is 29.2 Å². The lowest BCUT2D eigenvalue weighted by Crippen LogP contribution is -2.17. The van der Waals surface area contributed by atoms with Crippen LogP contribution in [0.15, 0.2) is 40.6 Å². The van der Waals surface area contributed by atoms with Crippen molar-refractivity contribution in [3.05, 3.63) is 50.5 Å². The third kappa shape index (κ3) is 2.81. The van der Waals surface area contributed by atoms with Crippen LogP contribution < -0.4 is 5.32 Å². The molecule has 1 aliphatic heterocycles. The smallest absolute Gasteiger partial charge is 0.263 e. The van der Waals surface area contributed by atoms with E-state index < -0.39 is 0 Å². The topological polar surface area (TPSA) is 29.1 Å². The molecule has 100 valence electrons. The standard InChI is InChI=1S/C14H8ClNOS3/c15-11-4-2-1-3-10(11)8-5-9(19-7-8)6-12-13(17)16-14(18)20-12/h1-7H,(H,16,17,18)/b12-6-. The van der Waals surface area contributed by atoms with Crippen LogP contribution >= 0.6 is 46.9 Å². The largest absolute Gasteiger partial charge is 0.307 e. The zero-order valence-electron chi connectivity index (χ0n) is 10.1. The number of benzene rings is 1. The number of hydrogen-bond donors (Lipinski definition) is 1. The minimum absolute atomic E-state index is 0.132. The Kier molecular flexibility index (Phi) is 3.94. The molecule has 1 aromatic carbocycles. The van der Waals surface area contributed by atoms with E-state index in [0.717, 1.165) is 21.0 Å². The number of thioether (sulfide) groups is 1. The van der Waals surface area contributed by atoms with E-state index >= 15 is 0 Å². The van der Waals surface area contributed by atoms with Crippen molar-refractivity contribution in [3.63, 3.8) is 0 Å². The molecule has 6 heteroatoms. The molecule has 0 unspecified atom stereocenters.